The van der Waals surface area contributed by atoms with Crippen LogP contribution in [-0.4, -0.2) is 41.0 Å². The standard InChI is InChI=1S/C25H20N6O4/c1-31-19-10-6-5-9-18(19)20(15-7-3-2-4-8-15)27-22(23(31)32)28-24(33)26-17-13-11-16(12-14-17)21-29-25(34)35-30-21/h2-14,22H,1H3,(H2,26,28,33)(H,29,30,34)/t22-/m0/s1. The summed E-state index contributed by atoms with van der Waals surface area (Å²) in [5.74, 6) is -0.749. The topological polar surface area (TPSA) is 133 Å². The Hall–Kier alpha value is -4.99. The van der Waals surface area contributed by atoms with Gasteiger partial charge < -0.3 is 15.5 Å². The summed E-state index contributed by atoms with van der Waals surface area (Å²) in [6.07, 6.45) is -1.14. The quantitative estimate of drug-likeness (QED) is 0.424. The lowest BCUT2D eigenvalue weighted by Gasteiger charge is -2.21. The minimum Gasteiger partial charge on any atom is -0.311 e. The molecule has 3 aromatic carbocycles. The molecule has 10 nitrogen and oxygen atoms in total. The smallest absolute Gasteiger partial charge is 0.311 e. The second kappa shape index (κ2) is 9.10. The monoisotopic (exact) mass is 468 g/mol. The van der Waals surface area contributed by atoms with Gasteiger partial charge in [0.25, 0.3) is 5.91 Å². The number of H-pyrrole nitrogens is 1. The Kier molecular flexibility index (Phi) is 5.68. The number of carbonyl (C=O) groups is 2. The molecular weight excluding hydrogens is 448 g/mol. The molecule has 1 aliphatic heterocycles. The zero-order chi connectivity index (χ0) is 24.4. The molecular formula is C25H20N6O4. The van der Waals surface area contributed by atoms with Crippen molar-refractivity contribution in [2.45, 2.75) is 6.17 Å². The van der Waals surface area contributed by atoms with E-state index in [2.05, 4.69) is 30.3 Å². The van der Waals surface area contributed by atoms with Gasteiger partial charge in [0.1, 0.15) is 0 Å². The molecule has 0 bridgehead atoms. The molecule has 35 heavy (non-hydrogen) atoms. The number of aromatic nitrogens is 2. The average molecular weight is 468 g/mol. The highest BCUT2D eigenvalue weighted by atomic mass is 16.5. The minimum absolute atomic E-state index is 0.278. The van der Waals surface area contributed by atoms with Gasteiger partial charge in [-0.15, -0.1) is 0 Å². The molecule has 0 unspecified atom stereocenters. The second-order valence-electron chi connectivity index (χ2n) is 7.78. The van der Waals surface area contributed by atoms with Gasteiger partial charge in [0.2, 0.25) is 6.17 Å². The highest BCUT2D eigenvalue weighted by molar-refractivity contribution is 6.20. The molecule has 3 N–H and O–H groups in total. The van der Waals surface area contributed by atoms with Gasteiger partial charge in [-0.2, -0.15) is 0 Å². The lowest BCUT2D eigenvalue weighted by molar-refractivity contribution is -0.119. The number of nitrogens with one attached hydrogen (secondary N) is 3. The maximum absolute atomic E-state index is 13.2. The van der Waals surface area contributed by atoms with Crippen LogP contribution in [0.2, 0.25) is 0 Å². The van der Waals surface area contributed by atoms with Crippen molar-refractivity contribution >= 4 is 29.0 Å². The molecule has 1 atom stereocenters. The highest BCUT2D eigenvalue weighted by Gasteiger charge is 2.30. The molecule has 1 aromatic heterocycles. The lowest BCUT2D eigenvalue weighted by Crippen LogP contribution is -2.47. The zero-order valence-corrected chi connectivity index (χ0v) is 18.6. The molecule has 174 valence electrons. The number of para-hydroxylation sites is 1. The number of nitrogens with zero attached hydrogens (tertiary/aromatic N) is 3. The van der Waals surface area contributed by atoms with Crippen LogP contribution in [0.3, 0.4) is 0 Å². The van der Waals surface area contributed by atoms with Crippen molar-refractivity contribution in [3.8, 4) is 11.4 Å². The van der Waals surface area contributed by atoms with Crippen LogP contribution in [0.1, 0.15) is 11.1 Å². The number of hydrogen-bond donors (Lipinski definition) is 3. The molecule has 2 heterocycles. The first-order valence-corrected chi connectivity index (χ1v) is 10.7. The molecule has 10 heteroatoms. The van der Waals surface area contributed by atoms with E-state index in [9.17, 15) is 14.4 Å². The molecule has 1 aliphatic rings. The Bertz CT molecular complexity index is 1470. The largest absolute Gasteiger partial charge is 0.439 e. The predicted octanol–water partition coefficient (Wildman–Crippen LogP) is 2.99. The Morgan fingerprint density at radius 3 is 2.37 bits per heavy atom. The number of benzene rings is 3. The molecule has 0 radical (unpaired) electrons. The van der Waals surface area contributed by atoms with E-state index in [1.807, 2.05) is 54.6 Å². The van der Waals surface area contributed by atoms with Crippen LogP contribution in [0.5, 0.6) is 0 Å². The second-order valence-corrected chi connectivity index (χ2v) is 7.78. The Morgan fingerprint density at radius 1 is 0.943 bits per heavy atom. The fraction of sp³-hybridized carbons (Fsp3) is 0.0800. The summed E-state index contributed by atoms with van der Waals surface area (Å²) in [5, 5.41) is 8.99. The molecule has 0 saturated heterocycles. The predicted molar refractivity (Wildman–Crippen MR) is 130 cm³/mol. The molecule has 3 amide bonds. The molecule has 0 saturated carbocycles. The summed E-state index contributed by atoms with van der Waals surface area (Å²) in [5.41, 5.74) is 4.01. The normalized spacial score (nSPS) is 15.1. The van der Waals surface area contributed by atoms with Crippen molar-refractivity contribution in [3.63, 3.8) is 0 Å². The van der Waals surface area contributed by atoms with E-state index in [0.29, 0.717) is 22.6 Å². The van der Waals surface area contributed by atoms with Crippen molar-refractivity contribution in [1.29, 1.82) is 0 Å². The Labute approximate surface area is 199 Å². The van der Waals surface area contributed by atoms with Gasteiger partial charge in [0, 0.05) is 29.4 Å². The van der Waals surface area contributed by atoms with E-state index in [0.717, 1.165) is 11.1 Å². The highest BCUT2D eigenvalue weighted by Crippen LogP contribution is 2.27. The number of amides is 3. The van der Waals surface area contributed by atoms with Crippen LogP contribution in [0.4, 0.5) is 16.2 Å². The van der Waals surface area contributed by atoms with Gasteiger partial charge in [-0.1, -0.05) is 53.7 Å². The molecule has 0 aliphatic carbocycles. The van der Waals surface area contributed by atoms with E-state index < -0.39 is 18.0 Å². The SMILES string of the molecule is CN1C(=O)[C@H](NC(=O)Nc2ccc(-c3noc(=O)[nH]3)cc2)N=C(c2ccccc2)c2ccccc21. The van der Waals surface area contributed by atoms with Crippen molar-refractivity contribution in [2.75, 3.05) is 17.3 Å². The Morgan fingerprint density at radius 2 is 1.66 bits per heavy atom. The third-order valence-corrected chi connectivity index (χ3v) is 5.51. The van der Waals surface area contributed by atoms with E-state index in [1.165, 1.54) is 4.90 Å². The summed E-state index contributed by atoms with van der Waals surface area (Å²) < 4.78 is 4.50. The molecule has 5 rings (SSSR count). The van der Waals surface area contributed by atoms with Crippen LogP contribution in [0.15, 0.2) is 93.2 Å². The van der Waals surface area contributed by atoms with Crippen molar-refractivity contribution in [3.05, 3.63) is 101 Å². The lowest BCUT2D eigenvalue weighted by atomic mass is 10.0. The minimum atomic E-state index is -1.14. The molecule has 4 aromatic rings. The number of fused-ring (bicyclic) bond motifs is 1. The summed E-state index contributed by atoms with van der Waals surface area (Å²) in [6, 6.07) is 23.0. The van der Waals surface area contributed by atoms with Gasteiger partial charge in [0.15, 0.2) is 5.82 Å². The maximum atomic E-state index is 13.2. The number of likely N-dealkylation sites (N-methyl/N-ethyl adjacent to an activating group) is 1. The number of aliphatic imine (C=N–C) groups is 1. The van der Waals surface area contributed by atoms with Gasteiger partial charge >= 0.3 is 11.8 Å². The van der Waals surface area contributed by atoms with Crippen LogP contribution in [0, 0.1) is 0 Å². The van der Waals surface area contributed by atoms with Crippen LogP contribution in [-0.2, 0) is 4.79 Å². The number of hydrogen-bond acceptors (Lipinski definition) is 6. The summed E-state index contributed by atoms with van der Waals surface area (Å²) >= 11 is 0. The van der Waals surface area contributed by atoms with E-state index in [-0.39, 0.29) is 11.7 Å². The Balaban J connectivity index is 1.39. The number of anilines is 2. The number of benzodiazepines with no additional fused rings is 1. The number of carbonyl (C=O) groups excluding carboxylic acids is 2. The van der Waals surface area contributed by atoms with E-state index >= 15 is 0 Å². The summed E-state index contributed by atoms with van der Waals surface area (Å²) in [4.78, 5) is 45.7. The third-order valence-electron chi connectivity index (χ3n) is 5.51. The van der Waals surface area contributed by atoms with Crippen LogP contribution >= 0.6 is 0 Å². The number of urea groups is 1. The fourth-order valence-corrected chi connectivity index (χ4v) is 3.80. The number of rotatable bonds is 4. The first kappa shape index (κ1) is 21.8. The average Bonchev–Trinajstić information content (AvgIpc) is 3.29. The third kappa shape index (κ3) is 4.44. The summed E-state index contributed by atoms with van der Waals surface area (Å²) in [7, 11) is 1.66. The first-order chi connectivity index (χ1) is 17.0. The van der Waals surface area contributed by atoms with E-state index in [4.69, 9.17) is 0 Å². The first-order valence-electron chi connectivity index (χ1n) is 10.7. The van der Waals surface area contributed by atoms with Gasteiger partial charge in [-0.3, -0.25) is 14.3 Å². The van der Waals surface area contributed by atoms with E-state index in [1.54, 1.807) is 31.3 Å². The number of aromatic amines is 1. The van der Waals surface area contributed by atoms with Crippen LogP contribution < -0.4 is 21.3 Å². The fourth-order valence-electron chi connectivity index (χ4n) is 3.80. The van der Waals surface area contributed by atoms with Gasteiger partial charge in [-0.25, -0.2) is 14.6 Å². The van der Waals surface area contributed by atoms with Crippen LogP contribution in [0.25, 0.3) is 11.4 Å². The summed E-state index contributed by atoms with van der Waals surface area (Å²) in [6.45, 7) is 0. The molecule has 0 spiro atoms. The van der Waals surface area contributed by atoms with Crippen molar-refractivity contribution < 1.29 is 14.1 Å². The molecule has 0 fully saturated rings. The van der Waals surface area contributed by atoms with Crippen molar-refractivity contribution in [2.24, 2.45) is 4.99 Å². The van der Waals surface area contributed by atoms with Crippen molar-refractivity contribution in [1.82, 2.24) is 15.5 Å². The zero-order valence-electron chi connectivity index (χ0n) is 18.6. The van der Waals surface area contributed by atoms with Gasteiger partial charge in [-0.05, 0) is 30.3 Å². The maximum Gasteiger partial charge on any atom is 0.439 e. The van der Waals surface area contributed by atoms with Gasteiger partial charge in [0.05, 0.1) is 11.4 Å².